The molecule has 0 aliphatic heterocycles. The number of nitrogens with one attached hydrogen (secondary N) is 1. The first-order valence-electron chi connectivity index (χ1n) is 7.13. The molecular formula is C16H25F2N. The molecule has 3 heteroatoms. The van der Waals surface area contributed by atoms with E-state index in [1.54, 1.807) is 6.07 Å². The predicted molar refractivity (Wildman–Crippen MR) is 76.1 cm³/mol. The molecule has 1 N–H and O–H groups in total. The van der Waals surface area contributed by atoms with Crippen molar-refractivity contribution in [3.8, 4) is 0 Å². The Morgan fingerprint density at radius 2 is 1.79 bits per heavy atom. The highest BCUT2D eigenvalue weighted by Crippen LogP contribution is 2.19. The van der Waals surface area contributed by atoms with E-state index in [1.165, 1.54) is 12.1 Å². The maximum absolute atomic E-state index is 13.2. The molecule has 1 rings (SSSR count). The molecule has 0 saturated carbocycles. The highest BCUT2D eigenvalue weighted by Gasteiger charge is 2.20. The Hall–Kier alpha value is -0.960. The summed E-state index contributed by atoms with van der Waals surface area (Å²) in [5.41, 5.74) is 0.847. The number of hydrogen-bond acceptors (Lipinski definition) is 1. The highest BCUT2D eigenvalue weighted by molar-refractivity contribution is 5.19. The second kappa shape index (κ2) is 7.59. The van der Waals surface area contributed by atoms with Gasteiger partial charge in [0.15, 0.2) is 11.6 Å². The van der Waals surface area contributed by atoms with Crippen LogP contribution in [0.3, 0.4) is 0 Å². The van der Waals surface area contributed by atoms with Crippen LogP contribution in [0.4, 0.5) is 8.78 Å². The Morgan fingerprint density at radius 3 is 2.32 bits per heavy atom. The van der Waals surface area contributed by atoms with Gasteiger partial charge in [0.1, 0.15) is 0 Å². The molecule has 2 unspecified atom stereocenters. The summed E-state index contributed by atoms with van der Waals surface area (Å²) in [7, 11) is 0. The van der Waals surface area contributed by atoms with E-state index in [2.05, 4.69) is 33.0 Å². The molecule has 2 atom stereocenters. The minimum absolute atomic E-state index is 0.296. The summed E-state index contributed by atoms with van der Waals surface area (Å²) in [6.45, 7) is 9.66. The van der Waals surface area contributed by atoms with E-state index < -0.39 is 11.6 Å². The quantitative estimate of drug-likeness (QED) is 0.783. The second-order valence-electron chi connectivity index (χ2n) is 5.62. The Balaban J connectivity index is 2.77. The average Bonchev–Trinajstić information content (AvgIpc) is 2.37. The van der Waals surface area contributed by atoms with Crippen LogP contribution in [-0.2, 0) is 6.42 Å². The molecule has 0 aliphatic rings. The van der Waals surface area contributed by atoms with E-state index in [0.717, 1.165) is 24.9 Å². The lowest BCUT2D eigenvalue weighted by atomic mass is 9.86. The van der Waals surface area contributed by atoms with Gasteiger partial charge in [-0.1, -0.05) is 33.8 Å². The lowest BCUT2D eigenvalue weighted by Gasteiger charge is -2.28. The van der Waals surface area contributed by atoms with Crippen molar-refractivity contribution in [3.63, 3.8) is 0 Å². The van der Waals surface area contributed by atoms with E-state index >= 15 is 0 Å². The van der Waals surface area contributed by atoms with Gasteiger partial charge in [-0.3, -0.25) is 0 Å². The van der Waals surface area contributed by atoms with Gasteiger partial charge in [0.25, 0.3) is 0 Å². The molecule has 1 nitrogen and oxygen atoms in total. The van der Waals surface area contributed by atoms with Crippen LogP contribution in [0.15, 0.2) is 18.2 Å². The normalized spacial score (nSPS) is 14.7. The van der Waals surface area contributed by atoms with Gasteiger partial charge in [-0.15, -0.1) is 0 Å². The molecule has 0 amide bonds. The number of rotatable bonds is 7. The molecule has 19 heavy (non-hydrogen) atoms. The minimum atomic E-state index is -0.779. The van der Waals surface area contributed by atoms with Crippen molar-refractivity contribution >= 4 is 0 Å². The molecule has 0 aromatic heterocycles. The second-order valence-corrected chi connectivity index (χ2v) is 5.62. The molecule has 0 aliphatic carbocycles. The molecule has 0 heterocycles. The fraction of sp³-hybridized carbons (Fsp3) is 0.625. The zero-order valence-corrected chi connectivity index (χ0v) is 12.3. The smallest absolute Gasteiger partial charge is 0.159 e. The van der Waals surface area contributed by atoms with E-state index in [0.29, 0.717) is 17.9 Å². The van der Waals surface area contributed by atoms with Gasteiger partial charge >= 0.3 is 0 Å². The summed E-state index contributed by atoms with van der Waals surface area (Å²) in [4.78, 5) is 0. The van der Waals surface area contributed by atoms with Crippen LogP contribution >= 0.6 is 0 Å². The minimum Gasteiger partial charge on any atom is -0.313 e. The van der Waals surface area contributed by atoms with Crippen molar-refractivity contribution in [3.05, 3.63) is 35.4 Å². The predicted octanol–water partition coefficient (Wildman–Crippen LogP) is 4.17. The van der Waals surface area contributed by atoms with Crippen LogP contribution in [0.25, 0.3) is 0 Å². The third-order valence-corrected chi connectivity index (χ3v) is 3.78. The van der Waals surface area contributed by atoms with E-state index in [1.807, 2.05) is 0 Å². The highest BCUT2D eigenvalue weighted by atomic mass is 19.2. The van der Waals surface area contributed by atoms with Crippen molar-refractivity contribution < 1.29 is 8.78 Å². The first-order valence-corrected chi connectivity index (χ1v) is 7.13. The lowest BCUT2D eigenvalue weighted by molar-refractivity contribution is 0.296. The standard InChI is InChI=1S/C16H25F2N/c1-5-8-19-16(12(4)11(2)3)10-13-6-7-14(17)15(18)9-13/h6-7,9,11-12,16,19H,5,8,10H2,1-4H3. The van der Waals surface area contributed by atoms with Gasteiger partial charge in [-0.05, 0) is 48.9 Å². The summed E-state index contributed by atoms with van der Waals surface area (Å²) in [6, 6.07) is 4.49. The lowest BCUT2D eigenvalue weighted by Crippen LogP contribution is -2.39. The van der Waals surface area contributed by atoms with Gasteiger partial charge in [-0.25, -0.2) is 8.78 Å². The fourth-order valence-electron chi connectivity index (χ4n) is 2.16. The summed E-state index contributed by atoms with van der Waals surface area (Å²) in [5, 5.41) is 3.52. The summed E-state index contributed by atoms with van der Waals surface area (Å²) >= 11 is 0. The summed E-state index contributed by atoms with van der Waals surface area (Å²) < 4.78 is 26.2. The monoisotopic (exact) mass is 269 g/mol. The maximum Gasteiger partial charge on any atom is 0.159 e. The summed E-state index contributed by atoms with van der Waals surface area (Å²) in [5.74, 6) is -0.498. The van der Waals surface area contributed by atoms with E-state index in [4.69, 9.17) is 0 Å². The molecule has 1 aromatic rings. The molecular weight excluding hydrogens is 244 g/mol. The number of hydrogen-bond donors (Lipinski definition) is 1. The molecule has 1 aromatic carbocycles. The first-order chi connectivity index (χ1) is 8.95. The average molecular weight is 269 g/mol. The SMILES string of the molecule is CCCNC(Cc1ccc(F)c(F)c1)C(C)C(C)C. The van der Waals surface area contributed by atoms with Crippen molar-refractivity contribution in [2.45, 2.75) is 46.6 Å². The zero-order chi connectivity index (χ0) is 14.4. The fourth-order valence-corrected chi connectivity index (χ4v) is 2.16. The molecule has 0 fully saturated rings. The van der Waals surface area contributed by atoms with Crippen molar-refractivity contribution in [2.24, 2.45) is 11.8 Å². The Kier molecular flexibility index (Phi) is 6.43. The Labute approximate surface area is 115 Å². The van der Waals surface area contributed by atoms with Crippen LogP contribution in [0.1, 0.15) is 39.7 Å². The van der Waals surface area contributed by atoms with Gasteiger partial charge in [-0.2, -0.15) is 0 Å². The van der Waals surface area contributed by atoms with Crippen LogP contribution in [0.2, 0.25) is 0 Å². The van der Waals surface area contributed by atoms with Crippen molar-refractivity contribution in [2.75, 3.05) is 6.54 Å². The van der Waals surface area contributed by atoms with Crippen LogP contribution in [-0.4, -0.2) is 12.6 Å². The maximum atomic E-state index is 13.2. The van der Waals surface area contributed by atoms with Gasteiger partial charge in [0, 0.05) is 6.04 Å². The van der Waals surface area contributed by atoms with Crippen LogP contribution in [0, 0.1) is 23.5 Å². The Morgan fingerprint density at radius 1 is 1.11 bits per heavy atom. The number of halogens is 2. The molecule has 0 saturated heterocycles. The zero-order valence-electron chi connectivity index (χ0n) is 12.3. The number of benzene rings is 1. The first kappa shape index (κ1) is 16.1. The summed E-state index contributed by atoms with van der Waals surface area (Å²) in [6.07, 6.45) is 1.80. The third-order valence-electron chi connectivity index (χ3n) is 3.78. The van der Waals surface area contributed by atoms with Crippen LogP contribution < -0.4 is 5.32 Å². The molecule has 0 bridgehead atoms. The van der Waals surface area contributed by atoms with Gasteiger partial charge < -0.3 is 5.32 Å². The molecule has 108 valence electrons. The van der Waals surface area contributed by atoms with E-state index in [9.17, 15) is 8.78 Å². The van der Waals surface area contributed by atoms with E-state index in [-0.39, 0.29) is 0 Å². The molecule has 0 radical (unpaired) electrons. The molecule has 0 spiro atoms. The van der Waals surface area contributed by atoms with Gasteiger partial charge in [0.2, 0.25) is 0 Å². The van der Waals surface area contributed by atoms with Gasteiger partial charge in [0.05, 0.1) is 0 Å². The van der Waals surface area contributed by atoms with Crippen molar-refractivity contribution in [1.82, 2.24) is 5.32 Å². The van der Waals surface area contributed by atoms with Crippen LogP contribution in [0.5, 0.6) is 0 Å². The third kappa shape index (κ3) is 4.90. The topological polar surface area (TPSA) is 12.0 Å². The van der Waals surface area contributed by atoms with Crippen molar-refractivity contribution in [1.29, 1.82) is 0 Å². The Bertz CT molecular complexity index is 390. The largest absolute Gasteiger partial charge is 0.313 e.